The lowest BCUT2D eigenvalue weighted by Crippen LogP contribution is -2.32. The molecule has 0 saturated carbocycles. The maximum atomic E-state index is 12.7. The molecule has 0 atom stereocenters. The molecule has 0 spiro atoms. The number of hydrogen-bond donors (Lipinski definition) is 1. The summed E-state index contributed by atoms with van der Waals surface area (Å²) in [4.78, 5) is -0.0439. The van der Waals surface area contributed by atoms with E-state index < -0.39 is 10.0 Å². The van der Waals surface area contributed by atoms with E-state index in [0.29, 0.717) is 31.5 Å². The topological polar surface area (TPSA) is 57.6 Å². The first-order valence-electron chi connectivity index (χ1n) is 6.47. The van der Waals surface area contributed by atoms with E-state index in [2.05, 4.69) is 0 Å². The lowest BCUT2D eigenvalue weighted by Gasteiger charge is -2.22. The number of rotatable bonds is 7. The van der Waals surface area contributed by atoms with Crippen molar-refractivity contribution in [2.75, 3.05) is 13.1 Å². The molecule has 7 heteroatoms. The highest BCUT2D eigenvalue weighted by atomic mass is 35.5. The van der Waals surface area contributed by atoms with E-state index >= 15 is 0 Å². The number of hydrogen-bond acceptors (Lipinski definition) is 3. The molecule has 20 heavy (non-hydrogen) atoms. The summed E-state index contributed by atoms with van der Waals surface area (Å²) in [6.07, 6.45) is 1.43. The Balaban J connectivity index is 3.36. The molecule has 0 amide bonds. The molecule has 0 aliphatic heterocycles. The minimum Gasteiger partial charge on any atom is -0.392 e. The van der Waals surface area contributed by atoms with Crippen LogP contribution in [0.5, 0.6) is 0 Å². The Bertz CT molecular complexity index is 555. The molecule has 114 valence electrons. The molecule has 0 aliphatic rings. The second kappa shape index (κ2) is 7.61. The molecule has 0 fully saturated rings. The molecule has 4 nitrogen and oxygen atoms in total. The van der Waals surface area contributed by atoms with Gasteiger partial charge in [0.15, 0.2) is 0 Å². The van der Waals surface area contributed by atoms with Gasteiger partial charge in [0.25, 0.3) is 0 Å². The van der Waals surface area contributed by atoms with Gasteiger partial charge in [-0.05, 0) is 30.5 Å². The van der Waals surface area contributed by atoms with E-state index in [1.54, 1.807) is 0 Å². The van der Waals surface area contributed by atoms with Crippen molar-refractivity contribution in [3.05, 3.63) is 27.7 Å². The summed E-state index contributed by atoms with van der Waals surface area (Å²) < 4.78 is 26.7. The standard InChI is InChI=1S/C13H19Cl2NO3S/c1-3-5-16(6-4-2)20(18,19)12-8-11(14)7-10(9-17)13(12)15/h7-8,17H,3-6,9H2,1-2H3. The van der Waals surface area contributed by atoms with Crippen molar-refractivity contribution < 1.29 is 13.5 Å². The quantitative estimate of drug-likeness (QED) is 0.829. The van der Waals surface area contributed by atoms with Crippen LogP contribution in [-0.4, -0.2) is 30.9 Å². The summed E-state index contributed by atoms with van der Waals surface area (Å²) >= 11 is 12.0. The number of sulfonamides is 1. The van der Waals surface area contributed by atoms with E-state index in [1.165, 1.54) is 16.4 Å². The third-order valence-electron chi connectivity index (χ3n) is 2.81. The summed E-state index contributed by atoms with van der Waals surface area (Å²) in [5.74, 6) is 0. The third-order valence-corrected chi connectivity index (χ3v) is 5.51. The Hall–Kier alpha value is -0.330. The fourth-order valence-corrected chi connectivity index (χ4v) is 4.44. The number of halogens is 2. The van der Waals surface area contributed by atoms with Crippen LogP contribution in [0.1, 0.15) is 32.3 Å². The molecule has 1 aromatic carbocycles. The summed E-state index contributed by atoms with van der Waals surface area (Å²) in [5.41, 5.74) is 0.311. The van der Waals surface area contributed by atoms with Crippen molar-refractivity contribution in [1.29, 1.82) is 0 Å². The molecule has 0 saturated heterocycles. The predicted octanol–water partition coefficient (Wildman–Crippen LogP) is 3.30. The van der Waals surface area contributed by atoms with Gasteiger partial charge in [-0.3, -0.25) is 0 Å². The van der Waals surface area contributed by atoms with Crippen LogP contribution in [0.2, 0.25) is 10.0 Å². The zero-order chi connectivity index (χ0) is 15.3. The number of aliphatic hydroxyl groups is 1. The van der Waals surface area contributed by atoms with Gasteiger partial charge in [0.2, 0.25) is 10.0 Å². The average molecular weight is 340 g/mol. The van der Waals surface area contributed by atoms with Gasteiger partial charge in [-0.25, -0.2) is 8.42 Å². The largest absolute Gasteiger partial charge is 0.392 e. The number of aliphatic hydroxyl groups excluding tert-OH is 1. The molecular formula is C13H19Cl2NO3S. The smallest absolute Gasteiger partial charge is 0.244 e. The fourth-order valence-electron chi connectivity index (χ4n) is 1.91. The Morgan fingerprint density at radius 1 is 1.15 bits per heavy atom. The molecule has 1 aromatic rings. The van der Waals surface area contributed by atoms with Gasteiger partial charge in [0.1, 0.15) is 4.90 Å². The predicted molar refractivity (Wildman–Crippen MR) is 81.7 cm³/mol. The molecule has 0 heterocycles. The van der Waals surface area contributed by atoms with Crippen molar-refractivity contribution >= 4 is 33.2 Å². The summed E-state index contributed by atoms with van der Waals surface area (Å²) in [6, 6.07) is 2.80. The van der Waals surface area contributed by atoms with Crippen molar-refractivity contribution in [3.8, 4) is 0 Å². The van der Waals surface area contributed by atoms with Crippen LogP contribution in [0.25, 0.3) is 0 Å². The van der Waals surface area contributed by atoms with E-state index in [9.17, 15) is 13.5 Å². The van der Waals surface area contributed by atoms with Gasteiger partial charge in [-0.15, -0.1) is 0 Å². The highest BCUT2D eigenvalue weighted by Gasteiger charge is 2.27. The summed E-state index contributed by atoms with van der Waals surface area (Å²) in [7, 11) is -3.71. The molecule has 0 radical (unpaired) electrons. The zero-order valence-electron chi connectivity index (χ0n) is 11.6. The van der Waals surface area contributed by atoms with E-state index in [4.69, 9.17) is 23.2 Å². The molecule has 1 N–H and O–H groups in total. The van der Waals surface area contributed by atoms with Crippen LogP contribution in [-0.2, 0) is 16.6 Å². The zero-order valence-corrected chi connectivity index (χ0v) is 13.9. The Kier molecular flexibility index (Phi) is 6.75. The maximum Gasteiger partial charge on any atom is 0.244 e. The maximum absolute atomic E-state index is 12.7. The Morgan fingerprint density at radius 3 is 2.15 bits per heavy atom. The second-order valence-corrected chi connectivity index (χ2v) is 7.16. The van der Waals surface area contributed by atoms with Gasteiger partial charge in [0, 0.05) is 18.1 Å². The summed E-state index contributed by atoms with van der Waals surface area (Å²) in [5, 5.41) is 9.50. The van der Waals surface area contributed by atoms with Crippen molar-refractivity contribution in [2.45, 2.75) is 38.2 Å². The fraction of sp³-hybridized carbons (Fsp3) is 0.538. The van der Waals surface area contributed by atoms with Crippen LogP contribution in [0.4, 0.5) is 0 Å². The minimum atomic E-state index is -3.71. The Morgan fingerprint density at radius 2 is 1.70 bits per heavy atom. The van der Waals surface area contributed by atoms with Crippen molar-refractivity contribution in [3.63, 3.8) is 0 Å². The highest BCUT2D eigenvalue weighted by Crippen LogP contribution is 2.31. The monoisotopic (exact) mass is 339 g/mol. The van der Waals surface area contributed by atoms with Gasteiger partial charge < -0.3 is 5.11 Å². The van der Waals surface area contributed by atoms with Gasteiger partial charge in [0.05, 0.1) is 11.6 Å². The lowest BCUT2D eigenvalue weighted by molar-refractivity contribution is 0.281. The Labute approximate surface area is 130 Å². The SMILES string of the molecule is CCCN(CCC)S(=O)(=O)c1cc(Cl)cc(CO)c1Cl. The number of nitrogens with zero attached hydrogens (tertiary/aromatic N) is 1. The minimum absolute atomic E-state index is 0.0362. The first-order valence-corrected chi connectivity index (χ1v) is 8.67. The molecular weight excluding hydrogens is 321 g/mol. The molecule has 1 rings (SSSR count). The summed E-state index contributed by atoms with van der Waals surface area (Å²) in [6.45, 7) is 4.32. The molecule has 0 aromatic heterocycles. The van der Waals surface area contributed by atoms with Crippen molar-refractivity contribution in [2.24, 2.45) is 0 Å². The van der Waals surface area contributed by atoms with Crippen LogP contribution >= 0.6 is 23.2 Å². The molecule has 0 aliphatic carbocycles. The average Bonchev–Trinajstić information content (AvgIpc) is 2.40. The first kappa shape index (κ1) is 17.7. The third kappa shape index (κ3) is 3.86. The molecule has 0 bridgehead atoms. The van der Waals surface area contributed by atoms with Crippen LogP contribution in [0.15, 0.2) is 17.0 Å². The van der Waals surface area contributed by atoms with Gasteiger partial charge in [-0.1, -0.05) is 37.0 Å². The number of benzene rings is 1. The highest BCUT2D eigenvalue weighted by molar-refractivity contribution is 7.89. The first-order chi connectivity index (χ1) is 9.38. The van der Waals surface area contributed by atoms with Crippen LogP contribution in [0, 0.1) is 0 Å². The van der Waals surface area contributed by atoms with E-state index in [-0.39, 0.29) is 21.5 Å². The van der Waals surface area contributed by atoms with Crippen LogP contribution in [0.3, 0.4) is 0 Å². The van der Waals surface area contributed by atoms with Gasteiger partial charge >= 0.3 is 0 Å². The normalized spacial score (nSPS) is 12.1. The van der Waals surface area contributed by atoms with Crippen LogP contribution < -0.4 is 0 Å². The van der Waals surface area contributed by atoms with Gasteiger partial charge in [-0.2, -0.15) is 4.31 Å². The second-order valence-electron chi connectivity index (χ2n) is 4.44. The van der Waals surface area contributed by atoms with Crippen molar-refractivity contribution in [1.82, 2.24) is 4.31 Å². The lowest BCUT2D eigenvalue weighted by atomic mass is 10.2. The van der Waals surface area contributed by atoms with E-state index in [1.807, 2.05) is 13.8 Å². The molecule has 0 unspecified atom stereocenters. The van der Waals surface area contributed by atoms with E-state index in [0.717, 1.165) is 0 Å².